The second-order valence-corrected chi connectivity index (χ2v) is 5.66. The predicted molar refractivity (Wildman–Crippen MR) is 77.7 cm³/mol. The first kappa shape index (κ1) is 12.1. The summed E-state index contributed by atoms with van der Waals surface area (Å²) in [5, 5.41) is 0.597. The van der Waals surface area contributed by atoms with Crippen LogP contribution in [0.15, 0.2) is 38.0 Å². The van der Waals surface area contributed by atoms with E-state index in [1.54, 1.807) is 22.7 Å². The smallest absolute Gasteiger partial charge is 0.184 e. The lowest BCUT2D eigenvalue weighted by Crippen LogP contribution is -1.93. The van der Waals surface area contributed by atoms with Crippen LogP contribution in [0.4, 0.5) is 5.82 Å². The Balaban J connectivity index is 2.26. The van der Waals surface area contributed by atoms with Crippen LogP contribution in [0.1, 0.15) is 0 Å². The van der Waals surface area contributed by atoms with Gasteiger partial charge in [0, 0.05) is 12.3 Å². The third-order valence-corrected chi connectivity index (χ3v) is 4.43. The lowest BCUT2D eigenvalue weighted by atomic mass is 10.3. The van der Waals surface area contributed by atoms with E-state index in [0.29, 0.717) is 27.0 Å². The fraction of sp³-hybridized carbons (Fsp3) is 0. The van der Waals surface area contributed by atoms with E-state index in [9.17, 15) is 0 Å². The molecule has 0 amide bonds. The summed E-state index contributed by atoms with van der Waals surface area (Å²) in [6, 6.07) is 5.38. The first-order chi connectivity index (χ1) is 8.56. The van der Waals surface area contributed by atoms with E-state index in [1.165, 1.54) is 0 Å². The van der Waals surface area contributed by atoms with Gasteiger partial charge in [-0.1, -0.05) is 11.6 Å². The second-order valence-electron chi connectivity index (χ2n) is 3.65. The zero-order chi connectivity index (χ0) is 12.9. The summed E-state index contributed by atoms with van der Waals surface area (Å²) in [6.07, 6.45) is 1.72. The molecule has 0 spiro atoms. The molecule has 4 nitrogen and oxygen atoms in total. The van der Waals surface area contributed by atoms with Crippen molar-refractivity contribution in [3.63, 3.8) is 0 Å². The van der Waals surface area contributed by atoms with Gasteiger partial charge in [-0.15, -0.1) is 0 Å². The van der Waals surface area contributed by atoms with Crippen LogP contribution in [0.2, 0.25) is 5.02 Å². The fourth-order valence-electron chi connectivity index (χ4n) is 1.68. The zero-order valence-electron chi connectivity index (χ0n) is 8.82. The molecule has 92 valence electrons. The Kier molecular flexibility index (Phi) is 2.88. The van der Waals surface area contributed by atoms with E-state index in [4.69, 9.17) is 21.8 Å². The number of nitrogen functional groups attached to an aromatic ring is 1. The molecule has 0 radical (unpaired) electrons. The molecule has 3 rings (SSSR count). The molecule has 7 heteroatoms. The highest BCUT2D eigenvalue weighted by Crippen LogP contribution is 2.35. The number of nitrogens with two attached hydrogens (primary N) is 1. The number of furan rings is 1. The van der Waals surface area contributed by atoms with E-state index in [2.05, 4.69) is 36.8 Å². The number of hydrogen-bond acceptors (Lipinski definition) is 3. The number of imidazole rings is 1. The standard InChI is InChI=1S/C11H6Br2ClN3O/c12-6-3-7(18-10(6)13)9-11(15)17-4-5(14)1-2-8(17)16-9/h1-4H,15H2. The van der Waals surface area contributed by atoms with Crippen LogP contribution in [0.5, 0.6) is 0 Å². The van der Waals surface area contributed by atoms with Gasteiger partial charge in [-0.05, 0) is 44.0 Å². The highest BCUT2D eigenvalue weighted by atomic mass is 79.9. The highest BCUT2D eigenvalue weighted by Gasteiger charge is 2.16. The minimum absolute atomic E-state index is 0.487. The Bertz CT molecular complexity index is 731. The van der Waals surface area contributed by atoms with Gasteiger partial charge in [-0.2, -0.15) is 0 Å². The molecule has 0 aliphatic carbocycles. The molecule has 0 unspecified atom stereocenters. The molecule has 18 heavy (non-hydrogen) atoms. The maximum atomic E-state index is 6.05. The van der Waals surface area contributed by atoms with Crippen molar-refractivity contribution >= 4 is 54.9 Å². The summed E-state index contributed by atoms with van der Waals surface area (Å²) in [5.41, 5.74) is 7.36. The van der Waals surface area contributed by atoms with Crippen molar-refractivity contribution in [1.82, 2.24) is 9.38 Å². The van der Waals surface area contributed by atoms with Gasteiger partial charge in [-0.3, -0.25) is 4.40 Å². The molecular formula is C11H6Br2ClN3O. The fourth-order valence-corrected chi connectivity index (χ4v) is 2.42. The van der Waals surface area contributed by atoms with E-state index >= 15 is 0 Å². The monoisotopic (exact) mass is 389 g/mol. The number of aromatic nitrogens is 2. The minimum Gasteiger partial charge on any atom is -0.446 e. The summed E-state index contributed by atoms with van der Waals surface area (Å²) < 4.78 is 8.66. The van der Waals surface area contributed by atoms with Gasteiger partial charge in [0.05, 0.1) is 9.50 Å². The summed E-state index contributed by atoms with van der Waals surface area (Å²) in [7, 11) is 0. The van der Waals surface area contributed by atoms with Crippen LogP contribution >= 0.6 is 43.5 Å². The normalized spacial score (nSPS) is 11.3. The first-order valence-corrected chi connectivity index (χ1v) is 6.91. The Labute approximate surface area is 124 Å². The van der Waals surface area contributed by atoms with Crippen molar-refractivity contribution in [2.24, 2.45) is 0 Å². The average molecular weight is 391 g/mol. The Morgan fingerprint density at radius 2 is 2.11 bits per heavy atom. The molecule has 0 aliphatic rings. The van der Waals surface area contributed by atoms with Crippen molar-refractivity contribution in [2.45, 2.75) is 0 Å². The van der Waals surface area contributed by atoms with Gasteiger partial charge in [-0.25, -0.2) is 4.98 Å². The van der Waals surface area contributed by atoms with Crippen LogP contribution in [0.3, 0.4) is 0 Å². The number of hydrogen-bond donors (Lipinski definition) is 1. The zero-order valence-corrected chi connectivity index (χ0v) is 12.8. The van der Waals surface area contributed by atoms with E-state index in [0.717, 1.165) is 10.1 Å². The molecule has 0 saturated carbocycles. The molecule has 0 bridgehead atoms. The molecule has 2 N–H and O–H groups in total. The number of halogens is 3. The molecule has 0 atom stereocenters. The Morgan fingerprint density at radius 1 is 1.33 bits per heavy atom. The maximum Gasteiger partial charge on any atom is 0.184 e. The number of fused-ring (bicyclic) bond motifs is 1. The van der Waals surface area contributed by atoms with Gasteiger partial charge in [0.2, 0.25) is 0 Å². The molecule has 0 aliphatic heterocycles. The van der Waals surface area contributed by atoms with Crippen molar-refractivity contribution < 1.29 is 4.42 Å². The topological polar surface area (TPSA) is 56.5 Å². The second kappa shape index (κ2) is 4.29. The molecule has 0 fully saturated rings. The van der Waals surface area contributed by atoms with Crippen LogP contribution in [0.25, 0.3) is 17.1 Å². The molecule has 0 saturated heterocycles. The number of nitrogens with zero attached hydrogens (tertiary/aromatic N) is 2. The van der Waals surface area contributed by atoms with Crippen molar-refractivity contribution in [3.8, 4) is 11.5 Å². The Morgan fingerprint density at radius 3 is 2.78 bits per heavy atom. The molecule has 3 aromatic rings. The van der Waals surface area contributed by atoms with E-state index in [1.807, 2.05) is 6.07 Å². The molecule has 3 heterocycles. The lowest BCUT2D eigenvalue weighted by Gasteiger charge is -1.96. The SMILES string of the molecule is Nc1c(-c2cc(Br)c(Br)o2)nc2ccc(Cl)cn12. The van der Waals surface area contributed by atoms with E-state index < -0.39 is 0 Å². The van der Waals surface area contributed by atoms with Crippen LogP contribution in [-0.4, -0.2) is 9.38 Å². The largest absolute Gasteiger partial charge is 0.446 e. The summed E-state index contributed by atoms with van der Waals surface area (Å²) in [4.78, 5) is 4.42. The number of anilines is 1. The lowest BCUT2D eigenvalue weighted by molar-refractivity contribution is 0.552. The summed E-state index contributed by atoms with van der Waals surface area (Å²) in [5.74, 6) is 1.08. The average Bonchev–Trinajstić information content (AvgIpc) is 2.82. The van der Waals surface area contributed by atoms with Crippen molar-refractivity contribution in [3.05, 3.63) is 38.6 Å². The Hall–Kier alpha value is -0.980. The van der Waals surface area contributed by atoms with Crippen molar-refractivity contribution in [2.75, 3.05) is 5.73 Å². The maximum absolute atomic E-state index is 6.05. The van der Waals surface area contributed by atoms with Gasteiger partial charge in [0.15, 0.2) is 10.4 Å². The van der Waals surface area contributed by atoms with Crippen LogP contribution in [0, 0.1) is 0 Å². The molecule has 0 aromatic carbocycles. The highest BCUT2D eigenvalue weighted by molar-refractivity contribution is 9.13. The number of rotatable bonds is 1. The van der Waals surface area contributed by atoms with Gasteiger partial charge in [0.25, 0.3) is 0 Å². The van der Waals surface area contributed by atoms with Gasteiger partial charge < -0.3 is 10.2 Å². The van der Waals surface area contributed by atoms with Crippen LogP contribution in [-0.2, 0) is 0 Å². The third-order valence-electron chi connectivity index (χ3n) is 2.50. The van der Waals surface area contributed by atoms with Crippen molar-refractivity contribution in [1.29, 1.82) is 0 Å². The molecular weight excluding hydrogens is 385 g/mol. The third kappa shape index (κ3) is 1.84. The van der Waals surface area contributed by atoms with Gasteiger partial charge >= 0.3 is 0 Å². The summed E-state index contributed by atoms with van der Waals surface area (Å²) in [6.45, 7) is 0. The first-order valence-electron chi connectivity index (χ1n) is 4.94. The van der Waals surface area contributed by atoms with Crippen LogP contribution < -0.4 is 5.73 Å². The predicted octanol–water partition coefficient (Wildman–Crippen LogP) is 4.35. The van der Waals surface area contributed by atoms with Gasteiger partial charge in [0.1, 0.15) is 17.2 Å². The quantitative estimate of drug-likeness (QED) is 0.671. The number of pyridine rings is 1. The summed E-state index contributed by atoms with van der Waals surface area (Å²) >= 11 is 12.6. The minimum atomic E-state index is 0.487. The molecule has 3 aromatic heterocycles. The van der Waals surface area contributed by atoms with E-state index in [-0.39, 0.29) is 0 Å².